The molecule has 0 aromatic heterocycles. The van der Waals surface area contributed by atoms with Gasteiger partial charge in [0.2, 0.25) is 0 Å². The van der Waals surface area contributed by atoms with E-state index in [1.165, 1.54) is 0 Å². The van der Waals surface area contributed by atoms with Crippen LogP contribution in [0.15, 0.2) is 91.0 Å². The molecule has 0 aliphatic carbocycles. The maximum absolute atomic E-state index is 15.0. The summed E-state index contributed by atoms with van der Waals surface area (Å²) in [5, 5.41) is 0.811. The fraction of sp³-hybridized carbons (Fsp3) is 0.400. The standard InChI is InChI=1S/C30H37Cl2O5P/c31-16-18-34-20-22-36-29(26-10-4-1-5-11-26)24-38(33,28-14-8-3-9-15-28)25-30(27-12-6-2-7-13-27)37-23-21-35-19-17-32/h1-15,29-30H,16-25H2/t29-,30-/m1/s1. The Morgan fingerprint density at radius 3 is 1.34 bits per heavy atom. The normalized spacial score (nSPS) is 13.3. The van der Waals surface area contributed by atoms with Gasteiger partial charge in [-0.2, -0.15) is 0 Å². The van der Waals surface area contributed by atoms with E-state index in [2.05, 4.69) is 0 Å². The lowest BCUT2D eigenvalue weighted by atomic mass is 10.1. The topological polar surface area (TPSA) is 54.0 Å². The SMILES string of the molecule is O=P(C[C@@H](OCCOCCCl)c1ccccc1)(C[C@@H](OCCOCCCl)c1ccccc1)c1ccccc1. The van der Waals surface area contributed by atoms with Gasteiger partial charge in [0.25, 0.3) is 0 Å². The van der Waals surface area contributed by atoms with Crippen molar-refractivity contribution in [3.8, 4) is 0 Å². The Labute approximate surface area is 236 Å². The quantitative estimate of drug-likeness (QED) is 0.0899. The maximum Gasteiger partial charge on any atom is 0.121 e. The Bertz CT molecular complexity index is 993. The molecule has 0 N–H and O–H groups in total. The summed E-state index contributed by atoms with van der Waals surface area (Å²) in [6.45, 7) is 2.53. The smallest absolute Gasteiger partial charge is 0.121 e. The zero-order valence-corrected chi connectivity index (χ0v) is 24.0. The molecule has 8 heteroatoms. The van der Waals surface area contributed by atoms with E-state index < -0.39 is 7.14 Å². The van der Waals surface area contributed by atoms with E-state index in [0.29, 0.717) is 63.7 Å². The summed E-state index contributed by atoms with van der Waals surface area (Å²) in [4.78, 5) is 0. The lowest BCUT2D eigenvalue weighted by molar-refractivity contribution is 0.0132. The molecule has 38 heavy (non-hydrogen) atoms. The van der Waals surface area contributed by atoms with Gasteiger partial charge in [-0.3, -0.25) is 0 Å². The number of benzene rings is 3. The van der Waals surface area contributed by atoms with Crippen molar-refractivity contribution in [3.05, 3.63) is 102 Å². The number of alkyl halides is 2. The summed E-state index contributed by atoms with van der Waals surface area (Å²) in [7, 11) is -3.01. The second kappa shape index (κ2) is 17.8. The van der Waals surface area contributed by atoms with Crippen LogP contribution >= 0.6 is 30.3 Å². The lowest BCUT2D eigenvalue weighted by Crippen LogP contribution is -2.23. The molecule has 3 aromatic carbocycles. The van der Waals surface area contributed by atoms with Crippen molar-refractivity contribution in [1.29, 1.82) is 0 Å². The zero-order chi connectivity index (χ0) is 26.9. The van der Waals surface area contributed by atoms with Crippen LogP contribution < -0.4 is 5.30 Å². The number of ether oxygens (including phenoxy) is 4. The number of rotatable bonds is 19. The molecule has 0 unspecified atom stereocenters. The predicted octanol–water partition coefficient (Wildman–Crippen LogP) is 6.70. The predicted molar refractivity (Wildman–Crippen MR) is 157 cm³/mol. The van der Waals surface area contributed by atoms with Gasteiger partial charge in [0.05, 0.1) is 51.8 Å². The first-order valence-electron chi connectivity index (χ1n) is 12.9. The molecule has 0 aliphatic rings. The Balaban J connectivity index is 1.87. The molecule has 0 fully saturated rings. The number of halogens is 2. The summed E-state index contributed by atoms with van der Waals surface area (Å²) in [5.74, 6) is 0.867. The summed E-state index contributed by atoms with van der Waals surface area (Å²) in [6.07, 6.45) is -0.0616. The highest BCUT2D eigenvalue weighted by atomic mass is 35.5. The highest BCUT2D eigenvalue weighted by molar-refractivity contribution is 7.71. The highest BCUT2D eigenvalue weighted by Gasteiger charge is 2.34. The molecule has 3 aromatic rings. The summed E-state index contributed by atoms with van der Waals surface area (Å²) < 4.78 is 38.6. The highest BCUT2D eigenvalue weighted by Crippen LogP contribution is 2.51. The van der Waals surface area contributed by atoms with Crippen molar-refractivity contribution >= 4 is 35.6 Å². The minimum atomic E-state index is -3.01. The Hall–Kier alpha value is -1.69. The van der Waals surface area contributed by atoms with Crippen LogP contribution in [0.2, 0.25) is 0 Å². The Morgan fingerprint density at radius 2 is 0.947 bits per heavy atom. The van der Waals surface area contributed by atoms with Crippen LogP contribution in [0.5, 0.6) is 0 Å². The van der Waals surface area contributed by atoms with Crippen LogP contribution in [-0.2, 0) is 23.5 Å². The van der Waals surface area contributed by atoms with Crippen molar-refractivity contribution < 1.29 is 23.5 Å². The summed E-state index contributed by atoms with van der Waals surface area (Å²) in [5.41, 5.74) is 1.96. The van der Waals surface area contributed by atoms with Gasteiger partial charge in [-0.1, -0.05) is 91.0 Å². The van der Waals surface area contributed by atoms with Crippen LogP contribution in [0, 0.1) is 0 Å². The van der Waals surface area contributed by atoms with E-state index >= 15 is 0 Å². The van der Waals surface area contributed by atoms with Gasteiger partial charge in [-0.05, 0) is 11.1 Å². The van der Waals surface area contributed by atoms with E-state index in [1.807, 2.05) is 91.0 Å². The molecular formula is C30H37Cl2O5P. The van der Waals surface area contributed by atoms with E-state index in [0.717, 1.165) is 16.4 Å². The van der Waals surface area contributed by atoms with Crippen LogP contribution in [0.1, 0.15) is 23.3 Å². The summed E-state index contributed by atoms with van der Waals surface area (Å²) >= 11 is 11.5. The van der Waals surface area contributed by atoms with Gasteiger partial charge in [0.15, 0.2) is 0 Å². The molecule has 0 saturated carbocycles. The Kier molecular flexibility index (Phi) is 14.5. The molecule has 0 radical (unpaired) electrons. The fourth-order valence-corrected chi connectivity index (χ4v) is 7.38. The van der Waals surface area contributed by atoms with Gasteiger partial charge in [-0.25, -0.2) is 0 Å². The first kappa shape index (κ1) is 30.8. The molecule has 0 aliphatic heterocycles. The molecule has 206 valence electrons. The third-order valence-corrected chi connectivity index (χ3v) is 9.42. The fourth-order valence-electron chi connectivity index (χ4n) is 4.18. The van der Waals surface area contributed by atoms with E-state index in [1.54, 1.807) is 0 Å². The van der Waals surface area contributed by atoms with E-state index in [9.17, 15) is 4.57 Å². The van der Waals surface area contributed by atoms with Crippen LogP contribution in [0.25, 0.3) is 0 Å². The van der Waals surface area contributed by atoms with Crippen LogP contribution in [0.4, 0.5) is 0 Å². The number of hydrogen-bond donors (Lipinski definition) is 0. The molecule has 0 saturated heterocycles. The third-order valence-electron chi connectivity index (χ3n) is 6.03. The molecule has 3 rings (SSSR count). The first-order valence-corrected chi connectivity index (χ1v) is 16.0. The van der Waals surface area contributed by atoms with Crippen LogP contribution in [-0.4, -0.2) is 63.7 Å². The first-order chi connectivity index (χ1) is 18.7. The van der Waals surface area contributed by atoms with Crippen molar-refractivity contribution in [3.63, 3.8) is 0 Å². The van der Waals surface area contributed by atoms with Crippen molar-refractivity contribution in [2.75, 3.05) is 63.7 Å². The monoisotopic (exact) mass is 578 g/mol. The summed E-state index contributed by atoms with van der Waals surface area (Å²) in [6, 6.07) is 29.6. The lowest BCUT2D eigenvalue weighted by Gasteiger charge is -2.29. The second-order valence-corrected chi connectivity index (χ2v) is 12.5. The second-order valence-electron chi connectivity index (χ2n) is 8.73. The molecule has 0 spiro atoms. The maximum atomic E-state index is 15.0. The molecule has 0 heterocycles. The van der Waals surface area contributed by atoms with E-state index in [-0.39, 0.29) is 12.2 Å². The molecule has 2 atom stereocenters. The van der Waals surface area contributed by atoms with Gasteiger partial charge >= 0.3 is 0 Å². The molecular weight excluding hydrogens is 542 g/mol. The Morgan fingerprint density at radius 1 is 0.553 bits per heavy atom. The van der Waals surface area contributed by atoms with Crippen molar-refractivity contribution in [1.82, 2.24) is 0 Å². The average molecular weight is 580 g/mol. The minimum absolute atomic E-state index is 0.339. The van der Waals surface area contributed by atoms with Crippen molar-refractivity contribution in [2.45, 2.75) is 12.2 Å². The van der Waals surface area contributed by atoms with Crippen molar-refractivity contribution in [2.24, 2.45) is 0 Å². The third kappa shape index (κ3) is 10.5. The zero-order valence-electron chi connectivity index (χ0n) is 21.6. The largest absolute Gasteiger partial charge is 0.378 e. The molecule has 0 bridgehead atoms. The van der Waals surface area contributed by atoms with Gasteiger partial charge in [-0.15, -0.1) is 23.2 Å². The van der Waals surface area contributed by atoms with E-state index in [4.69, 9.17) is 42.1 Å². The van der Waals surface area contributed by atoms with Gasteiger partial charge < -0.3 is 23.5 Å². The number of hydrogen-bond acceptors (Lipinski definition) is 5. The minimum Gasteiger partial charge on any atom is -0.378 e. The average Bonchev–Trinajstić information content (AvgIpc) is 2.97. The van der Waals surface area contributed by atoms with Gasteiger partial charge in [0.1, 0.15) is 7.14 Å². The molecule has 0 amide bonds. The molecule has 5 nitrogen and oxygen atoms in total. The van der Waals surface area contributed by atoms with Crippen LogP contribution in [0.3, 0.4) is 0 Å². The van der Waals surface area contributed by atoms with Gasteiger partial charge in [0, 0.05) is 29.4 Å².